The summed E-state index contributed by atoms with van der Waals surface area (Å²) in [6.45, 7) is 1.66. The van der Waals surface area contributed by atoms with Crippen LogP contribution >= 0.6 is 23.2 Å². The first-order valence-electron chi connectivity index (χ1n) is 7.42. The number of hydrogen-bond donors (Lipinski definition) is 1. The Morgan fingerprint density at radius 3 is 2.44 bits per heavy atom. The molecule has 2 rings (SSSR count). The van der Waals surface area contributed by atoms with Crippen molar-refractivity contribution in [1.82, 2.24) is 5.32 Å². The number of aryl methyl sites for hydroxylation is 1. The standard InChI is InChI=1S/C17H18Cl2N2O3S/c1-12-5-3-4-6-16(12)21(25(2,23)24)11-17(22)20-10-13-7-8-14(18)9-15(13)19/h3-9H,10-11H2,1-2H3,(H,20,22). The Balaban J connectivity index is 2.11. The number of carbonyl (C=O) groups excluding carboxylic acids is 1. The van der Waals surface area contributed by atoms with E-state index in [1.165, 1.54) is 0 Å². The molecule has 0 fully saturated rings. The molecule has 1 amide bonds. The molecule has 0 unspecified atom stereocenters. The molecular weight excluding hydrogens is 383 g/mol. The van der Waals surface area contributed by atoms with Crippen LogP contribution < -0.4 is 9.62 Å². The molecule has 2 aromatic carbocycles. The topological polar surface area (TPSA) is 66.5 Å². The first kappa shape index (κ1) is 19.6. The van der Waals surface area contributed by atoms with Crippen molar-refractivity contribution in [3.63, 3.8) is 0 Å². The van der Waals surface area contributed by atoms with Gasteiger partial charge in [-0.25, -0.2) is 8.42 Å². The van der Waals surface area contributed by atoms with Gasteiger partial charge in [0.2, 0.25) is 15.9 Å². The summed E-state index contributed by atoms with van der Waals surface area (Å²) < 4.78 is 25.3. The van der Waals surface area contributed by atoms with E-state index in [0.29, 0.717) is 21.3 Å². The molecule has 8 heteroatoms. The number of benzene rings is 2. The van der Waals surface area contributed by atoms with Crippen molar-refractivity contribution >= 4 is 44.8 Å². The van der Waals surface area contributed by atoms with Gasteiger partial charge in [-0.15, -0.1) is 0 Å². The summed E-state index contributed by atoms with van der Waals surface area (Å²) in [5, 5.41) is 3.62. The summed E-state index contributed by atoms with van der Waals surface area (Å²) in [7, 11) is -3.60. The molecule has 0 radical (unpaired) electrons. The Bertz CT molecular complexity index is 885. The smallest absolute Gasteiger partial charge is 0.241 e. The number of sulfonamides is 1. The van der Waals surface area contributed by atoms with E-state index in [9.17, 15) is 13.2 Å². The summed E-state index contributed by atoms with van der Waals surface area (Å²) in [6.07, 6.45) is 1.07. The van der Waals surface area contributed by atoms with Gasteiger partial charge < -0.3 is 5.32 Å². The molecule has 0 aromatic heterocycles. The van der Waals surface area contributed by atoms with E-state index in [1.54, 1.807) is 43.3 Å². The molecule has 0 spiro atoms. The van der Waals surface area contributed by atoms with Gasteiger partial charge in [0, 0.05) is 16.6 Å². The van der Waals surface area contributed by atoms with Crippen molar-refractivity contribution < 1.29 is 13.2 Å². The number of amides is 1. The lowest BCUT2D eigenvalue weighted by Gasteiger charge is -2.23. The van der Waals surface area contributed by atoms with Gasteiger partial charge in [0.1, 0.15) is 6.54 Å². The van der Waals surface area contributed by atoms with Gasteiger partial charge in [0.05, 0.1) is 11.9 Å². The Morgan fingerprint density at radius 1 is 1.16 bits per heavy atom. The van der Waals surface area contributed by atoms with Crippen LogP contribution in [0, 0.1) is 6.92 Å². The monoisotopic (exact) mass is 400 g/mol. The van der Waals surface area contributed by atoms with E-state index in [0.717, 1.165) is 16.1 Å². The van der Waals surface area contributed by atoms with Crippen molar-refractivity contribution in [2.75, 3.05) is 17.1 Å². The lowest BCUT2D eigenvalue weighted by Crippen LogP contribution is -2.40. The van der Waals surface area contributed by atoms with Crippen molar-refractivity contribution in [2.45, 2.75) is 13.5 Å². The maximum atomic E-state index is 12.2. The highest BCUT2D eigenvalue weighted by Gasteiger charge is 2.22. The first-order valence-corrected chi connectivity index (χ1v) is 10.0. The van der Waals surface area contributed by atoms with Crippen LogP contribution in [0.15, 0.2) is 42.5 Å². The van der Waals surface area contributed by atoms with Crippen LogP contribution in [0.5, 0.6) is 0 Å². The lowest BCUT2D eigenvalue weighted by atomic mass is 10.2. The zero-order valence-corrected chi connectivity index (χ0v) is 16.1. The summed E-state index contributed by atoms with van der Waals surface area (Å²) >= 11 is 11.9. The molecule has 2 aromatic rings. The third-order valence-corrected chi connectivity index (χ3v) is 5.28. The molecular formula is C17H18Cl2N2O3S. The number of carbonyl (C=O) groups is 1. The molecule has 0 heterocycles. The minimum absolute atomic E-state index is 0.181. The van der Waals surface area contributed by atoms with Crippen molar-refractivity contribution in [1.29, 1.82) is 0 Å². The van der Waals surface area contributed by atoms with Crippen LogP contribution in [0.2, 0.25) is 10.0 Å². The van der Waals surface area contributed by atoms with E-state index in [1.807, 2.05) is 6.07 Å². The van der Waals surface area contributed by atoms with Gasteiger partial charge in [-0.05, 0) is 36.2 Å². The SMILES string of the molecule is Cc1ccccc1N(CC(=O)NCc1ccc(Cl)cc1Cl)S(C)(=O)=O. The van der Waals surface area contributed by atoms with Gasteiger partial charge in [-0.1, -0.05) is 47.5 Å². The van der Waals surface area contributed by atoms with Gasteiger partial charge in [0.15, 0.2) is 0 Å². The quantitative estimate of drug-likeness (QED) is 0.807. The highest BCUT2D eigenvalue weighted by molar-refractivity contribution is 7.92. The fraction of sp³-hybridized carbons (Fsp3) is 0.235. The van der Waals surface area contributed by atoms with Crippen molar-refractivity contribution in [3.05, 3.63) is 63.6 Å². The molecule has 0 saturated carbocycles. The molecule has 25 heavy (non-hydrogen) atoms. The van der Waals surface area contributed by atoms with E-state index < -0.39 is 15.9 Å². The van der Waals surface area contributed by atoms with E-state index in [4.69, 9.17) is 23.2 Å². The first-order chi connectivity index (χ1) is 11.7. The van der Waals surface area contributed by atoms with Gasteiger partial charge >= 0.3 is 0 Å². The Hall–Kier alpha value is -1.76. The average Bonchev–Trinajstić information content (AvgIpc) is 2.51. The highest BCUT2D eigenvalue weighted by Crippen LogP contribution is 2.22. The van der Waals surface area contributed by atoms with Gasteiger partial charge in [-0.2, -0.15) is 0 Å². The normalized spacial score (nSPS) is 11.2. The van der Waals surface area contributed by atoms with E-state index in [-0.39, 0.29) is 13.1 Å². The molecule has 5 nitrogen and oxygen atoms in total. The van der Waals surface area contributed by atoms with E-state index >= 15 is 0 Å². The molecule has 0 atom stereocenters. The number of para-hydroxylation sites is 1. The number of nitrogens with zero attached hydrogens (tertiary/aromatic N) is 1. The second-order valence-corrected chi connectivity index (χ2v) is 8.32. The van der Waals surface area contributed by atoms with Crippen LogP contribution in [0.25, 0.3) is 0 Å². The van der Waals surface area contributed by atoms with Crippen LogP contribution in [-0.4, -0.2) is 27.1 Å². The molecule has 0 aliphatic rings. The number of halogens is 2. The number of hydrogen-bond acceptors (Lipinski definition) is 3. The summed E-state index contributed by atoms with van der Waals surface area (Å²) in [4.78, 5) is 12.2. The highest BCUT2D eigenvalue weighted by atomic mass is 35.5. The minimum atomic E-state index is -3.60. The number of nitrogens with one attached hydrogen (secondary N) is 1. The summed E-state index contributed by atoms with van der Waals surface area (Å²) in [5.41, 5.74) is 1.94. The van der Waals surface area contributed by atoms with Crippen molar-refractivity contribution in [2.24, 2.45) is 0 Å². The summed E-state index contributed by atoms with van der Waals surface area (Å²) in [5.74, 6) is -0.431. The Kier molecular flexibility index (Phi) is 6.32. The van der Waals surface area contributed by atoms with Crippen molar-refractivity contribution in [3.8, 4) is 0 Å². The third kappa shape index (κ3) is 5.36. The summed E-state index contributed by atoms with van der Waals surface area (Å²) in [6, 6.07) is 12.0. The molecule has 134 valence electrons. The predicted molar refractivity (Wildman–Crippen MR) is 102 cm³/mol. The molecule has 1 N–H and O–H groups in total. The van der Waals surface area contributed by atoms with Gasteiger partial charge in [-0.3, -0.25) is 9.10 Å². The average molecular weight is 401 g/mol. The molecule has 0 aliphatic carbocycles. The number of anilines is 1. The zero-order chi connectivity index (χ0) is 18.6. The van der Waals surface area contributed by atoms with Gasteiger partial charge in [0.25, 0.3) is 0 Å². The molecule has 0 saturated heterocycles. The van der Waals surface area contributed by atoms with Crippen LogP contribution in [0.4, 0.5) is 5.69 Å². The maximum Gasteiger partial charge on any atom is 0.241 e. The Labute approximate surface area is 157 Å². The fourth-order valence-corrected chi connectivity index (χ4v) is 3.66. The predicted octanol–water partition coefficient (Wildman–Crippen LogP) is 3.38. The second kappa shape index (κ2) is 8.08. The third-order valence-electron chi connectivity index (χ3n) is 3.56. The molecule has 0 aliphatic heterocycles. The lowest BCUT2D eigenvalue weighted by molar-refractivity contribution is -0.119. The Morgan fingerprint density at radius 2 is 1.84 bits per heavy atom. The minimum Gasteiger partial charge on any atom is -0.350 e. The van der Waals surface area contributed by atoms with Crippen LogP contribution in [-0.2, 0) is 21.4 Å². The zero-order valence-electron chi connectivity index (χ0n) is 13.8. The number of rotatable bonds is 6. The van der Waals surface area contributed by atoms with E-state index in [2.05, 4.69) is 5.32 Å². The second-order valence-electron chi connectivity index (χ2n) is 5.57. The van der Waals surface area contributed by atoms with Crippen LogP contribution in [0.3, 0.4) is 0 Å². The van der Waals surface area contributed by atoms with Crippen LogP contribution in [0.1, 0.15) is 11.1 Å². The fourth-order valence-electron chi connectivity index (χ4n) is 2.27. The largest absolute Gasteiger partial charge is 0.350 e. The molecule has 0 bridgehead atoms. The maximum absolute atomic E-state index is 12.2.